The summed E-state index contributed by atoms with van der Waals surface area (Å²) >= 11 is 0. The fourth-order valence-electron chi connectivity index (χ4n) is 2.10. The van der Waals surface area contributed by atoms with Crippen LogP contribution in [-0.4, -0.2) is 65.4 Å². The van der Waals surface area contributed by atoms with E-state index in [0.717, 1.165) is 0 Å². The lowest BCUT2D eigenvalue weighted by molar-refractivity contribution is -0.154. The van der Waals surface area contributed by atoms with Gasteiger partial charge in [0.25, 0.3) is 5.91 Å². The van der Waals surface area contributed by atoms with Crippen molar-refractivity contribution < 1.29 is 29.0 Å². The number of carbonyl (C=O) groups is 3. The molecule has 8 heteroatoms. The van der Waals surface area contributed by atoms with Crippen LogP contribution in [0.15, 0.2) is 0 Å². The van der Waals surface area contributed by atoms with Crippen molar-refractivity contribution in [1.29, 1.82) is 0 Å². The number of hydrogen-bond donors (Lipinski definition) is 2. The second-order valence-corrected chi connectivity index (χ2v) is 6.12. The van der Waals surface area contributed by atoms with Crippen LogP contribution in [0.3, 0.4) is 0 Å². The molecular weight excluding hydrogens is 292 g/mol. The summed E-state index contributed by atoms with van der Waals surface area (Å²) in [4.78, 5) is 36.2. The summed E-state index contributed by atoms with van der Waals surface area (Å²) in [5.74, 6) is -1.10. The summed E-state index contributed by atoms with van der Waals surface area (Å²) in [7, 11) is 0. The average Bonchev–Trinajstić information content (AvgIpc) is 2.33. The van der Waals surface area contributed by atoms with E-state index in [1.54, 1.807) is 27.7 Å². The standard InChI is InChI=1S/C14H24N2O6/c1-5-21-11(18)8-16-7-9(6-10(17)12(16)19)15-13(20)22-14(2,3)4/h9-10,17H,5-8H2,1-4H3,(H,15,20)/t9-,10+/m0/s1. The first-order chi connectivity index (χ1) is 10.1. The molecule has 1 rings (SSSR count). The van der Waals surface area contributed by atoms with E-state index in [0.29, 0.717) is 0 Å². The maximum Gasteiger partial charge on any atom is 0.407 e. The van der Waals surface area contributed by atoms with E-state index in [9.17, 15) is 19.5 Å². The van der Waals surface area contributed by atoms with Gasteiger partial charge in [-0.15, -0.1) is 0 Å². The third-order valence-electron chi connectivity index (χ3n) is 2.89. The molecule has 0 saturated carbocycles. The Hall–Kier alpha value is -1.83. The third kappa shape index (κ3) is 5.88. The minimum absolute atomic E-state index is 0.0808. The highest BCUT2D eigenvalue weighted by molar-refractivity contribution is 5.86. The Morgan fingerprint density at radius 3 is 2.59 bits per heavy atom. The Balaban J connectivity index is 2.61. The zero-order chi connectivity index (χ0) is 16.9. The Kier molecular flexibility index (Phi) is 6.16. The highest BCUT2D eigenvalue weighted by Gasteiger charge is 2.35. The first-order valence-electron chi connectivity index (χ1n) is 7.24. The summed E-state index contributed by atoms with van der Waals surface area (Å²) in [5.41, 5.74) is -0.641. The van der Waals surface area contributed by atoms with Crippen LogP contribution in [0.5, 0.6) is 0 Å². The summed E-state index contributed by atoms with van der Waals surface area (Å²) < 4.78 is 9.91. The monoisotopic (exact) mass is 316 g/mol. The van der Waals surface area contributed by atoms with E-state index < -0.39 is 35.7 Å². The van der Waals surface area contributed by atoms with E-state index in [1.807, 2.05) is 0 Å². The lowest BCUT2D eigenvalue weighted by Gasteiger charge is -2.35. The number of nitrogens with one attached hydrogen (secondary N) is 1. The van der Waals surface area contributed by atoms with Gasteiger partial charge in [0, 0.05) is 13.0 Å². The molecule has 0 spiro atoms. The maximum absolute atomic E-state index is 11.8. The molecule has 0 aromatic rings. The van der Waals surface area contributed by atoms with Gasteiger partial charge in [-0.25, -0.2) is 4.79 Å². The minimum atomic E-state index is -1.26. The molecule has 0 aliphatic carbocycles. The number of aliphatic hydroxyl groups is 1. The number of aliphatic hydroxyl groups excluding tert-OH is 1. The Labute approximate surface area is 129 Å². The molecule has 0 aromatic carbocycles. The van der Waals surface area contributed by atoms with Crippen LogP contribution >= 0.6 is 0 Å². The van der Waals surface area contributed by atoms with Gasteiger partial charge in [-0.2, -0.15) is 0 Å². The number of amides is 2. The second-order valence-electron chi connectivity index (χ2n) is 6.12. The van der Waals surface area contributed by atoms with Crippen LogP contribution in [0.4, 0.5) is 4.79 Å². The van der Waals surface area contributed by atoms with Gasteiger partial charge in [0.2, 0.25) is 0 Å². The van der Waals surface area contributed by atoms with E-state index in [2.05, 4.69) is 5.32 Å². The fourth-order valence-corrected chi connectivity index (χ4v) is 2.10. The quantitative estimate of drug-likeness (QED) is 0.709. The number of alkyl carbamates (subject to hydrolysis) is 1. The Bertz CT molecular complexity index is 432. The van der Waals surface area contributed by atoms with Crippen molar-refractivity contribution in [1.82, 2.24) is 10.2 Å². The first-order valence-corrected chi connectivity index (χ1v) is 7.24. The predicted molar refractivity (Wildman–Crippen MR) is 77.0 cm³/mol. The van der Waals surface area contributed by atoms with E-state index >= 15 is 0 Å². The van der Waals surface area contributed by atoms with E-state index in [4.69, 9.17) is 9.47 Å². The van der Waals surface area contributed by atoms with Gasteiger partial charge >= 0.3 is 12.1 Å². The predicted octanol–water partition coefficient (Wildman–Crippen LogP) is 0.0360. The first kappa shape index (κ1) is 18.2. The average molecular weight is 316 g/mol. The number of ether oxygens (including phenoxy) is 2. The van der Waals surface area contributed by atoms with Crippen molar-refractivity contribution >= 4 is 18.0 Å². The molecule has 2 N–H and O–H groups in total. The minimum Gasteiger partial charge on any atom is -0.465 e. The zero-order valence-electron chi connectivity index (χ0n) is 13.4. The van der Waals surface area contributed by atoms with Crippen molar-refractivity contribution in [2.24, 2.45) is 0 Å². The van der Waals surface area contributed by atoms with Crippen LogP contribution in [0.25, 0.3) is 0 Å². The van der Waals surface area contributed by atoms with Gasteiger partial charge in [-0.1, -0.05) is 0 Å². The Morgan fingerprint density at radius 1 is 1.41 bits per heavy atom. The third-order valence-corrected chi connectivity index (χ3v) is 2.89. The maximum atomic E-state index is 11.8. The molecule has 2 amide bonds. The molecule has 0 unspecified atom stereocenters. The molecule has 1 saturated heterocycles. The SMILES string of the molecule is CCOC(=O)CN1C[C@@H](NC(=O)OC(C)(C)C)C[C@@H](O)C1=O. The van der Waals surface area contributed by atoms with Gasteiger partial charge < -0.3 is 24.8 Å². The van der Waals surface area contributed by atoms with Crippen molar-refractivity contribution in [2.75, 3.05) is 19.7 Å². The van der Waals surface area contributed by atoms with E-state index in [1.165, 1.54) is 4.90 Å². The largest absolute Gasteiger partial charge is 0.465 e. The molecule has 1 aliphatic heterocycles. The molecule has 1 fully saturated rings. The summed E-state index contributed by atoms with van der Waals surface area (Å²) in [6.45, 7) is 6.95. The summed E-state index contributed by atoms with van der Waals surface area (Å²) in [6, 6.07) is -0.489. The van der Waals surface area contributed by atoms with Crippen LogP contribution in [0.2, 0.25) is 0 Å². The van der Waals surface area contributed by atoms with Crippen molar-refractivity contribution in [3.8, 4) is 0 Å². The number of likely N-dealkylation sites (tertiary alicyclic amines) is 1. The number of rotatable bonds is 4. The Morgan fingerprint density at radius 2 is 2.05 bits per heavy atom. The van der Waals surface area contributed by atoms with Crippen LogP contribution < -0.4 is 5.32 Å². The lowest BCUT2D eigenvalue weighted by Crippen LogP contribution is -2.57. The number of esters is 1. The summed E-state index contributed by atoms with van der Waals surface area (Å²) in [6.07, 6.45) is -1.81. The van der Waals surface area contributed by atoms with Gasteiger partial charge in [0.1, 0.15) is 18.2 Å². The van der Waals surface area contributed by atoms with Crippen LogP contribution in [0, 0.1) is 0 Å². The second kappa shape index (κ2) is 7.44. The van der Waals surface area contributed by atoms with Crippen molar-refractivity contribution in [3.63, 3.8) is 0 Å². The van der Waals surface area contributed by atoms with Crippen LogP contribution in [0.1, 0.15) is 34.1 Å². The van der Waals surface area contributed by atoms with E-state index in [-0.39, 0.29) is 26.1 Å². The number of carbonyl (C=O) groups excluding carboxylic acids is 3. The molecular formula is C14H24N2O6. The number of nitrogens with zero attached hydrogens (tertiary/aromatic N) is 1. The lowest BCUT2D eigenvalue weighted by atomic mass is 10.0. The van der Waals surface area contributed by atoms with Gasteiger partial charge in [-0.05, 0) is 27.7 Å². The van der Waals surface area contributed by atoms with Crippen molar-refractivity contribution in [2.45, 2.75) is 51.9 Å². The smallest absolute Gasteiger partial charge is 0.407 e. The normalized spacial score (nSPS) is 22.2. The van der Waals surface area contributed by atoms with Crippen molar-refractivity contribution in [3.05, 3.63) is 0 Å². The van der Waals surface area contributed by atoms with Gasteiger partial charge in [0.15, 0.2) is 0 Å². The fraction of sp³-hybridized carbons (Fsp3) is 0.786. The molecule has 2 atom stereocenters. The van der Waals surface area contributed by atoms with Gasteiger partial charge in [-0.3, -0.25) is 9.59 Å². The molecule has 0 aromatic heterocycles. The molecule has 126 valence electrons. The van der Waals surface area contributed by atoms with Gasteiger partial charge in [0.05, 0.1) is 12.6 Å². The topological polar surface area (TPSA) is 105 Å². The molecule has 0 bridgehead atoms. The number of hydrogen-bond acceptors (Lipinski definition) is 6. The zero-order valence-corrected chi connectivity index (χ0v) is 13.4. The summed E-state index contributed by atoms with van der Waals surface area (Å²) in [5, 5.41) is 12.4. The van der Waals surface area contributed by atoms with Crippen LogP contribution in [-0.2, 0) is 19.1 Å². The highest BCUT2D eigenvalue weighted by atomic mass is 16.6. The number of piperidine rings is 1. The molecule has 1 aliphatic rings. The molecule has 22 heavy (non-hydrogen) atoms. The highest BCUT2D eigenvalue weighted by Crippen LogP contribution is 2.14. The molecule has 0 radical (unpaired) electrons. The molecule has 8 nitrogen and oxygen atoms in total. The molecule has 1 heterocycles.